The molecule has 0 unspecified atom stereocenters. The lowest BCUT2D eigenvalue weighted by Crippen LogP contribution is -2.44. The summed E-state index contributed by atoms with van der Waals surface area (Å²) in [5.74, 6) is -1.07. The summed E-state index contributed by atoms with van der Waals surface area (Å²) in [4.78, 5) is 30.4. The van der Waals surface area contributed by atoms with Crippen LogP contribution in [0, 0.1) is 6.92 Å². The highest BCUT2D eigenvalue weighted by molar-refractivity contribution is 5.98. The predicted molar refractivity (Wildman–Crippen MR) is 98.2 cm³/mol. The topological polar surface area (TPSA) is 114 Å². The van der Waals surface area contributed by atoms with Gasteiger partial charge in [-0.2, -0.15) is 5.10 Å². The molecule has 3 N–H and O–H groups in total. The van der Waals surface area contributed by atoms with Crippen molar-refractivity contribution >= 4 is 22.8 Å². The standard InChI is InChI=1S/C19H19N5O3/c1-11-14-7-8-15(19(27)23-10-13(25)9-16(23)17(20)26)21-18(14)24(22-11)12-5-3-2-4-6-12/h2-8,13,16,25H,9-10H2,1H3,(H2,20,26)/t13-,16+/m1/s1. The molecule has 2 aromatic heterocycles. The third-order valence-corrected chi connectivity index (χ3v) is 4.80. The molecule has 1 aliphatic rings. The number of para-hydroxylation sites is 1. The number of aromatic nitrogens is 3. The van der Waals surface area contributed by atoms with Gasteiger partial charge in [-0.3, -0.25) is 9.59 Å². The molecule has 0 aliphatic carbocycles. The molecule has 0 spiro atoms. The fourth-order valence-electron chi connectivity index (χ4n) is 3.47. The number of hydrogen-bond acceptors (Lipinski definition) is 5. The Bertz CT molecular complexity index is 1030. The number of hydrogen-bond donors (Lipinski definition) is 2. The maximum Gasteiger partial charge on any atom is 0.273 e. The van der Waals surface area contributed by atoms with Crippen LogP contribution in [-0.2, 0) is 4.79 Å². The highest BCUT2D eigenvalue weighted by atomic mass is 16.3. The second-order valence-electron chi connectivity index (χ2n) is 6.67. The minimum atomic E-state index is -0.828. The highest BCUT2D eigenvalue weighted by Gasteiger charge is 2.38. The monoisotopic (exact) mass is 365 g/mol. The zero-order valence-electron chi connectivity index (χ0n) is 14.7. The number of primary amides is 1. The van der Waals surface area contributed by atoms with Gasteiger partial charge in [-0.1, -0.05) is 18.2 Å². The number of carbonyl (C=O) groups excluding carboxylic acids is 2. The third kappa shape index (κ3) is 2.93. The highest BCUT2D eigenvalue weighted by Crippen LogP contribution is 2.23. The van der Waals surface area contributed by atoms with Gasteiger partial charge >= 0.3 is 0 Å². The van der Waals surface area contributed by atoms with Crippen molar-refractivity contribution in [2.24, 2.45) is 5.73 Å². The van der Waals surface area contributed by atoms with Crippen LogP contribution in [0.1, 0.15) is 22.6 Å². The predicted octanol–water partition coefficient (Wildman–Crippen LogP) is 0.790. The molecule has 0 radical (unpaired) electrons. The second kappa shape index (κ2) is 6.48. The fourth-order valence-corrected chi connectivity index (χ4v) is 3.47. The van der Waals surface area contributed by atoms with E-state index in [9.17, 15) is 14.7 Å². The Labute approximate surface area is 155 Å². The van der Waals surface area contributed by atoms with E-state index in [1.807, 2.05) is 37.3 Å². The number of pyridine rings is 1. The van der Waals surface area contributed by atoms with Crippen molar-refractivity contribution < 1.29 is 14.7 Å². The fraction of sp³-hybridized carbons (Fsp3) is 0.263. The van der Waals surface area contributed by atoms with Gasteiger partial charge in [0.1, 0.15) is 11.7 Å². The van der Waals surface area contributed by atoms with Gasteiger partial charge in [-0.25, -0.2) is 9.67 Å². The van der Waals surface area contributed by atoms with Crippen LogP contribution in [0.5, 0.6) is 0 Å². The van der Waals surface area contributed by atoms with E-state index in [0.717, 1.165) is 16.8 Å². The van der Waals surface area contributed by atoms with Crippen molar-refractivity contribution in [1.82, 2.24) is 19.7 Å². The van der Waals surface area contributed by atoms with Crippen molar-refractivity contribution in [2.45, 2.75) is 25.5 Å². The van der Waals surface area contributed by atoms with E-state index in [4.69, 9.17) is 5.73 Å². The van der Waals surface area contributed by atoms with Crippen LogP contribution in [-0.4, -0.2) is 55.3 Å². The van der Waals surface area contributed by atoms with Crippen molar-refractivity contribution in [3.05, 3.63) is 53.9 Å². The molecule has 2 amide bonds. The van der Waals surface area contributed by atoms with Crippen LogP contribution in [0.3, 0.4) is 0 Å². The molecule has 1 aromatic carbocycles. The molecule has 8 heteroatoms. The quantitative estimate of drug-likeness (QED) is 0.712. The first-order chi connectivity index (χ1) is 13.0. The van der Waals surface area contributed by atoms with E-state index in [-0.39, 0.29) is 18.7 Å². The number of aliphatic hydroxyl groups excluding tert-OH is 1. The summed E-state index contributed by atoms with van der Waals surface area (Å²) in [5.41, 5.74) is 7.75. The van der Waals surface area contributed by atoms with Crippen molar-refractivity contribution in [2.75, 3.05) is 6.54 Å². The lowest BCUT2D eigenvalue weighted by Gasteiger charge is -2.21. The maximum atomic E-state index is 12.9. The van der Waals surface area contributed by atoms with Crippen LogP contribution in [0.4, 0.5) is 0 Å². The molecule has 27 heavy (non-hydrogen) atoms. The first-order valence-electron chi connectivity index (χ1n) is 8.66. The van der Waals surface area contributed by atoms with E-state index >= 15 is 0 Å². The zero-order chi connectivity index (χ0) is 19.1. The number of aliphatic hydroxyl groups is 1. The minimum absolute atomic E-state index is 0.0587. The van der Waals surface area contributed by atoms with Gasteiger partial charge in [0.2, 0.25) is 5.91 Å². The number of aryl methyl sites for hydroxylation is 1. The summed E-state index contributed by atoms with van der Waals surface area (Å²) >= 11 is 0. The average molecular weight is 365 g/mol. The summed E-state index contributed by atoms with van der Waals surface area (Å²) in [6.07, 6.45) is -0.628. The molecule has 2 atom stereocenters. The summed E-state index contributed by atoms with van der Waals surface area (Å²) in [7, 11) is 0. The Kier molecular flexibility index (Phi) is 4.12. The van der Waals surface area contributed by atoms with Gasteiger partial charge in [-0.15, -0.1) is 0 Å². The van der Waals surface area contributed by atoms with Crippen molar-refractivity contribution in [1.29, 1.82) is 0 Å². The normalized spacial score (nSPS) is 19.6. The Morgan fingerprint density at radius 2 is 1.93 bits per heavy atom. The number of nitrogens with two attached hydrogens (primary N) is 1. The Morgan fingerprint density at radius 1 is 1.19 bits per heavy atom. The number of rotatable bonds is 3. The Balaban J connectivity index is 1.77. The molecule has 3 aromatic rings. The van der Waals surface area contributed by atoms with Gasteiger partial charge in [0.15, 0.2) is 5.65 Å². The molecule has 8 nitrogen and oxygen atoms in total. The summed E-state index contributed by atoms with van der Waals surface area (Å²) in [5, 5.41) is 15.2. The van der Waals surface area contributed by atoms with Crippen LogP contribution in [0.2, 0.25) is 0 Å². The molecule has 138 valence electrons. The van der Waals surface area contributed by atoms with E-state index < -0.39 is 24.0 Å². The number of carbonyl (C=O) groups is 2. The van der Waals surface area contributed by atoms with Crippen molar-refractivity contribution in [3.8, 4) is 5.69 Å². The lowest BCUT2D eigenvalue weighted by atomic mass is 10.2. The molecule has 0 bridgehead atoms. The van der Waals surface area contributed by atoms with Crippen LogP contribution in [0.25, 0.3) is 16.7 Å². The van der Waals surface area contributed by atoms with Crippen LogP contribution in [0.15, 0.2) is 42.5 Å². The maximum absolute atomic E-state index is 12.9. The first kappa shape index (κ1) is 17.2. The second-order valence-corrected chi connectivity index (χ2v) is 6.67. The van der Waals surface area contributed by atoms with E-state index in [0.29, 0.717) is 5.65 Å². The average Bonchev–Trinajstić information content (AvgIpc) is 3.22. The minimum Gasteiger partial charge on any atom is -0.391 e. The first-order valence-corrected chi connectivity index (χ1v) is 8.66. The van der Waals surface area contributed by atoms with Gasteiger partial charge in [0.05, 0.1) is 17.5 Å². The molecule has 0 saturated carbocycles. The van der Waals surface area contributed by atoms with E-state index in [1.165, 1.54) is 4.90 Å². The zero-order valence-corrected chi connectivity index (χ0v) is 14.7. The Morgan fingerprint density at radius 3 is 2.63 bits per heavy atom. The number of fused-ring (bicyclic) bond motifs is 1. The van der Waals surface area contributed by atoms with Gasteiger partial charge in [0.25, 0.3) is 5.91 Å². The number of nitrogens with zero attached hydrogens (tertiary/aromatic N) is 4. The van der Waals surface area contributed by atoms with Gasteiger partial charge < -0.3 is 15.7 Å². The van der Waals surface area contributed by atoms with E-state index in [2.05, 4.69) is 10.1 Å². The molecule has 1 aliphatic heterocycles. The number of amides is 2. The number of benzene rings is 1. The van der Waals surface area contributed by atoms with E-state index in [1.54, 1.807) is 16.8 Å². The summed E-state index contributed by atoms with van der Waals surface area (Å²) < 4.78 is 1.69. The van der Waals surface area contributed by atoms with Crippen LogP contribution < -0.4 is 5.73 Å². The third-order valence-electron chi connectivity index (χ3n) is 4.80. The summed E-state index contributed by atoms with van der Waals surface area (Å²) in [6, 6.07) is 12.1. The molecular formula is C19H19N5O3. The molecule has 4 rings (SSSR count). The largest absolute Gasteiger partial charge is 0.391 e. The SMILES string of the molecule is Cc1nn(-c2ccccc2)c2nc(C(=O)N3C[C@H](O)C[C@H]3C(N)=O)ccc12. The van der Waals surface area contributed by atoms with Gasteiger partial charge in [0, 0.05) is 18.4 Å². The lowest BCUT2D eigenvalue weighted by molar-refractivity contribution is -0.121. The molecule has 1 fully saturated rings. The Hall–Kier alpha value is -3.26. The van der Waals surface area contributed by atoms with Gasteiger partial charge in [-0.05, 0) is 31.2 Å². The number of β-amino-alcohol motifs (C(OH)–C–C–N with tert-alkyl or cyclic N) is 1. The van der Waals surface area contributed by atoms with Crippen molar-refractivity contribution in [3.63, 3.8) is 0 Å². The van der Waals surface area contributed by atoms with Crippen LogP contribution >= 0.6 is 0 Å². The number of likely N-dealkylation sites (tertiary alicyclic amines) is 1. The smallest absolute Gasteiger partial charge is 0.273 e. The molecule has 1 saturated heterocycles. The molecular weight excluding hydrogens is 346 g/mol. The summed E-state index contributed by atoms with van der Waals surface area (Å²) in [6.45, 7) is 1.94. The molecule has 3 heterocycles.